The fraction of sp³-hybridized carbons (Fsp3) is 0.385. The second kappa shape index (κ2) is 8.00. The van der Waals surface area contributed by atoms with Crippen molar-refractivity contribution in [2.45, 2.75) is 0 Å². The Labute approximate surface area is 117 Å². The zero-order chi connectivity index (χ0) is 15.0. The Hall–Kier alpha value is -2.28. The lowest BCUT2D eigenvalue weighted by molar-refractivity contribution is 0.0305. The molecule has 0 amide bonds. The zero-order valence-corrected chi connectivity index (χ0v) is 11.3. The number of hydrogen-bond donors (Lipinski definition) is 3. The van der Waals surface area contributed by atoms with E-state index in [1.54, 1.807) is 19.2 Å². The van der Waals surface area contributed by atoms with Gasteiger partial charge in [-0.2, -0.15) is 0 Å². The summed E-state index contributed by atoms with van der Waals surface area (Å²) in [5.41, 5.74) is 5.38. The maximum atomic E-state index is 11.6. The molecular formula is C13H19N3O4. The number of likely N-dealkylation sites (N-methyl/N-ethyl adjacent to an activating group) is 1. The molecule has 1 aromatic rings. The van der Waals surface area contributed by atoms with Crippen molar-refractivity contribution in [2.24, 2.45) is 5.73 Å². The van der Waals surface area contributed by atoms with Crippen molar-refractivity contribution in [3.63, 3.8) is 0 Å². The number of aromatic hydroxyl groups is 1. The molecule has 0 atom stereocenters. The number of rotatable bonds is 7. The molecule has 0 spiro atoms. The number of carbonyl (C=O) groups is 1. The van der Waals surface area contributed by atoms with Gasteiger partial charge in [-0.1, -0.05) is 12.1 Å². The van der Waals surface area contributed by atoms with Crippen LogP contribution in [0, 0.1) is 5.41 Å². The van der Waals surface area contributed by atoms with E-state index in [1.165, 1.54) is 17.0 Å². The molecule has 0 bridgehead atoms. The van der Waals surface area contributed by atoms with Crippen molar-refractivity contribution in [3.8, 4) is 5.75 Å². The number of ether oxygens (including phenoxy) is 2. The van der Waals surface area contributed by atoms with Crippen molar-refractivity contribution in [1.82, 2.24) is 4.90 Å². The first-order valence-corrected chi connectivity index (χ1v) is 6.10. The van der Waals surface area contributed by atoms with Crippen LogP contribution in [-0.2, 0) is 9.47 Å². The first kappa shape index (κ1) is 15.8. The molecule has 0 aromatic heterocycles. The Morgan fingerprint density at radius 2 is 2.05 bits per heavy atom. The SMILES string of the molecule is CN(CCOCCOC(=O)c1ccccc1O)C(=N)N. The van der Waals surface area contributed by atoms with E-state index < -0.39 is 5.97 Å². The second-order valence-corrected chi connectivity index (χ2v) is 4.07. The molecule has 0 unspecified atom stereocenters. The van der Waals surface area contributed by atoms with Crippen LogP contribution in [0.4, 0.5) is 0 Å². The Morgan fingerprint density at radius 1 is 1.35 bits per heavy atom. The van der Waals surface area contributed by atoms with Crippen LogP contribution < -0.4 is 5.73 Å². The van der Waals surface area contributed by atoms with E-state index in [0.29, 0.717) is 13.2 Å². The van der Waals surface area contributed by atoms with Gasteiger partial charge in [0, 0.05) is 13.6 Å². The van der Waals surface area contributed by atoms with Gasteiger partial charge < -0.3 is 25.2 Å². The quantitative estimate of drug-likeness (QED) is 0.289. The molecule has 0 fully saturated rings. The molecule has 0 heterocycles. The van der Waals surface area contributed by atoms with Crippen LogP contribution in [0.25, 0.3) is 0 Å². The van der Waals surface area contributed by atoms with E-state index in [9.17, 15) is 9.90 Å². The van der Waals surface area contributed by atoms with Gasteiger partial charge in [-0.3, -0.25) is 5.41 Å². The van der Waals surface area contributed by atoms with Gasteiger partial charge >= 0.3 is 5.97 Å². The molecular weight excluding hydrogens is 262 g/mol. The van der Waals surface area contributed by atoms with Crippen LogP contribution in [0.3, 0.4) is 0 Å². The molecule has 0 radical (unpaired) electrons. The number of esters is 1. The Morgan fingerprint density at radius 3 is 2.70 bits per heavy atom. The summed E-state index contributed by atoms with van der Waals surface area (Å²) in [4.78, 5) is 13.1. The Balaban J connectivity index is 2.17. The summed E-state index contributed by atoms with van der Waals surface area (Å²) in [6.07, 6.45) is 0. The summed E-state index contributed by atoms with van der Waals surface area (Å²) < 4.78 is 10.2. The molecule has 0 aliphatic heterocycles. The summed E-state index contributed by atoms with van der Waals surface area (Å²) in [6.45, 7) is 1.20. The minimum absolute atomic E-state index is 0.0282. The van der Waals surface area contributed by atoms with Crippen molar-refractivity contribution in [2.75, 3.05) is 33.4 Å². The third-order valence-electron chi connectivity index (χ3n) is 2.57. The Kier molecular flexibility index (Phi) is 6.31. The topological polar surface area (TPSA) is 109 Å². The lowest BCUT2D eigenvalue weighted by Gasteiger charge is -2.16. The number of nitrogens with zero attached hydrogens (tertiary/aromatic N) is 1. The largest absolute Gasteiger partial charge is 0.507 e. The number of phenolic OH excluding ortho intramolecular Hbond substituents is 1. The van der Waals surface area contributed by atoms with Crippen LogP contribution >= 0.6 is 0 Å². The molecule has 0 aliphatic rings. The highest BCUT2D eigenvalue weighted by Gasteiger charge is 2.11. The first-order valence-electron chi connectivity index (χ1n) is 6.10. The van der Waals surface area contributed by atoms with Crippen molar-refractivity contribution in [3.05, 3.63) is 29.8 Å². The van der Waals surface area contributed by atoms with E-state index in [0.717, 1.165) is 0 Å². The van der Waals surface area contributed by atoms with Crippen LogP contribution in [0.5, 0.6) is 5.75 Å². The first-order chi connectivity index (χ1) is 9.52. The molecule has 0 aliphatic carbocycles. The fourth-order valence-corrected chi connectivity index (χ4v) is 1.34. The fourth-order valence-electron chi connectivity index (χ4n) is 1.34. The molecule has 110 valence electrons. The van der Waals surface area contributed by atoms with E-state index in [1.807, 2.05) is 0 Å². The van der Waals surface area contributed by atoms with E-state index in [-0.39, 0.29) is 30.5 Å². The highest BCUT2D eigenvalue weighted by Crippen LogP contribution is 2.16. The second-order valence-electron chi connectivity index (χ2n) is 4.07. The summed E-state index contributed by atoms with van der Waals surface area (Å²) in [5, 5.41) is 16.6. The van der Waals surface area contributed by atoms with Gasteiger partial charge in [0.25, 0.3) is 0 Å². The predicted molar refractivity (Wildman–Crippen MR) is 73.8 cm³/mol. The maximum absolute atomic E-state index is 11.6. The normalized spacial score (nSPS) is 10.1. The molecule has 0 saturated heterocycles. The summed E-state index contributed by atoms with van der Waals surface area (Å²) in [5.74, 6) is -0.728. The third-order valence-corrected chi connectivity index (χ3v) is 2.57. The monoisotopic (exact) mass is 281 g/mol. The number of nitrogens with one attached hydrogen (secondary N) is 1. The van der Waals surface area contributed by atoms with Crippen molar-refractivity contribution < 1.29 is 19.4 Å². The maximum Gasteiger partial charge on any atom is 0.341 e. The van der Waals surface area contributed by atoms with E-state index >= 15 is 0 Å². The van der Waals surface area contributed by atoms with Crippen LogP contribution in [0.1, 0.15) is 10.4 Å². The standard InChI is InChI=1S/C13H19N3O4/c1-16(13(14)15)6-7-19-8-9-20-12(18)10-4-2-3-5-11(10)17/h2-5,17H,6-9H2,1H3,(H3,14,15). The minimum atomic E-state index is -0.590. The summed E-state index contributed by atoms with van der Waals surface area (Å²) in [6, 6.07) is 6.18. The van der Waals surface area contributed by atoms with Crippen LogP contribution in [0.2, 0.25) is 0 Å². The number of phenols is 1. The third kappa shape index (κ3) is 5.15. The average Bonchev–Trinajstić information content (AvgIpc) is 2.42. The zero-order valence-electron chi connectivity index (χ0n) is 11.3. The van der Waals surface area contributed by atoms with Crippen LogP contribution in [-0.4, -0.2) is 55.3 Å². The van der Waals surface area contributed by atoms with Gasteiger partial charge in [-0.15, -0.1) is 0 Å². The number of nitrogens with two attached hydrogens (primary N) is 1. The van der Waals surface area contributed by atoms with Crippen LogP contribution in [0.15, 0.2) is 24.3 Å². The van der Waals surface area contributed by atoms with Gasteiger partial charge in [-0.05, 0) is 12.1 Å². The van der Waals surface area contributed by atoms with Gasteiger partial charge in [0.15, 0.2) is 5.96 Å². The molecule has 1 rings (SSSR count). The molecule has 7 heteroatoms. The van der Waals surface area contributed by atoms with Gasteiger partial charge in [-0.25, -0.2) is 4.79 Å². The lowest BCUT2D eigenvalue weighted by Crippen LogP contribution is -2.35. The Bertz CT molecular complexity index is 465. The number of hydrogen-bond acceptors (Lipinski definition) is 5. The summed E-state index contributed by atoms with van der Waals surface area (Å²) >= 11 is 0. The summed E-state index contributed by atoms with van der Waals surface area (Å²) in [7, 11) is 1.68. The molecule has 20 heavy (non-hydrogen) atoms. The molecule has 0 saturated carbocycles. The predicted octanol–water partition coefficient (Wildman–Crippen LogP) is 0.391. The van der Waals surface area contributed by atoms with Crippen molar-refractivity contribution >= 4 is 11.9 Å². The average molecular weight is 281 g/mol. The number of carbonyl (C=O) groups excluding carboxylic acids is 1. The van der Waals surface area contributed by atoms with E-state index in [2.05, 4.69) is 0 Å². The smallest absolute Gasteiger partial charge is 0.341 e. The van der Waals surface area contributed by atoms with Crippen molar-refractivity contribution in [1.29, 1.82) is 5.41 Å². The number of para-hydroxylation sites is 1. The van der Waals surface area contributed by atoms with Gasteiger partial charge in [0.1, 0.15) is 17.9 Å². The minimum Gasteiger partial charge on any atom is -0.507 e. The highest BCUT2D eigenvalue weighted by molar-refractivity contribution is 5.92. The number of guanidine groups is 1. The highest BCUT2D eigenvalue weighted by atomic mass is 16.6. The molecule has 4 N–H and O–H groups in total. The number of benzene rings is 1. The molecule has 1 aromatic carbocycles. The van der Waals surface area contributed by atoms with E-state index in [4.69, 9.17) is 20.6 Å². The van der Waals surface area contributed by atoms with Gasteiger partial charge in [0.2, 0.25) is 0 Å². The lowest BCUT2D eigenvalue weighted by atomic mass is 10.2. The molecule has 7 nitrogen and oxygen atoms in total. The van der Waals surface area contributed by atoms with Gasteiger partial charge in [0.05, 0.1) is 13.2 Å².